The monoisotopic (exact) mass is 224 g/mol. The molecule has 0 aromatic heterocycles. The van der Waals surface area contributed by atoms with Crippen LogP contribution in [0.2, 0.25) is 0 Å². The molecule has 2 nitrogen and oxygen atoms in total. The van der Waals surface area contributed by atoms with Gasteiger partial charge in [-0.1, -0.05) is 12.1 Å². The van der Waals surface area contributed by atoms with Crippen molar-refractivity contribution < 1.29 is 4.79 Å². The Balaban J connectivity index is 2.37. The first-order valence-corrected chi connectivity index (χ1v) is 5.68. The Morgan fingerprint density at radius 2 is 1.65 bits per heavy atom. The minimum absolute atomic E-state index is 0.737. The molecule has 0 saturated heterocycles. The standard InChI is InChI=1S/C15H14NO/c1-16(2)14-6-4-3-5-12(14)13-9-11(10-17)7-8-15(13)16/h3-10H,1-2H3/q+1. The summed E-state index contributed by atoms with van der Waals surface area (Å²) in [6.45, 7) is 0. The van der Waals surface area contributed by atoms with Crippen LogP contribution in [0.4, 0.5) is 11.4 Å². The molecule has 3 rings (SSSR count). The lowest BCUT2D eigenvalue weighted by Gasteiger charge is -2.24. The Bertz CT molecular complexity index is 614. The fourth-order valence-corrected chi connectivity index (χ4v) is 2.65. The molecule has 0 saturated carbocycles. The average Bonchev–Trinajstić information content (AvgIpc) is 2.59. The van der Waals surface area contributed by atoms with Crippen molar-refractivity contribution in [3.63, 3.8) is 0 Å². The molecule has 2 heteroatoms. The van der Waals surface area contributed by atoms with Gasteiger partial charge in [0.15, 0.2) is 0 Å². The zero-order chi connectivity index (χ0) is 12.0. The minimum Gasteiger partial charge on any atom is -0.298 e. The number of rotatable bonds is 1. The van der Waals surface area contributed by atoms with Crippen LogP contribution in [0.25, 0.3) is 11.1 Å². The molecule has 0 fully saturated rings. The van der Waals surface area contributed by atoms with E-state index in [0.717, 1.165) is 16.3 Å². The third-order valence-electron chi connectivity index (χ3n) is 3.56. The van der Waals surface area contributed by atoms with E-state index in [1.807, 2.05) is 18.2 Å². The van der Waals surface area contributed by atoms with Gasteiger partial charge in [-0.05, 0) is 18.2 Å². The van der Waals surface area contributed by atoms with Crippen molar-refractivity contribution in [3.05, 3.63) is 48.0 Å². The van der Waals surface area contributed by atoms with Crippen molar-refractivity contribution in [2.45, 2.75) is 0 Å². The second-order valence-corrected chi connectivity index (χ2v) is 4.87. The van der Waals surface area contributed by atoms with E-state index < -0.39 is 0 Å². The Hall–Kier alpha value is -1.93. The number of nitrogens with zero attached hydrogens (tertiary/aromatic N) is 1. The van der Waals surface area contributed by atoms with Gasteiger partial charge in [0, 0.05) is 28.8 Å². The van der Waals surface area contributed by atoms with Crippen LogP contribution < -0.4 is 4.48 Å². The highest BCUT2D eigenvalue weighted by Crippen LogP contribution is 2.50. The Morgan fingerprint density at radius 1 is 0.941 bits per heavy atom. The number of quaternary nitrogens is 1. The molecule has 84 valence electrons. The summed E-state index contributed by atoms with van der Waals surface area (Å²) in [5, 5.41) is 0. The van der Waals surface area contributed by atoms with Crippen LogP contribution in [-0.2, 0) is 0 Å². The number of benzene rings is 2. The predicted octanol–water partition coefficient (Wildman–Crippen LogP) is 3.38. The van der Waals surface area contributed by atoms with E-state index in [0.29, 0.717) is 0 Å². The zero-order valence-corrected chi connectivity index (χ0v) is 9.97. The van der Waals surface area contributed by atoms with Crippen molar-refractivity contribution >= 4 is 17.7 Å². The maximum absolute atomic E-state index is 10.9. The highest BCUT2D eigenvalue weighted by molar-refractivity contribution is 5.96. The number of aldehydes is 1. The van der Waals surface area contributed by atoms with Gasteiger partial charge >= 0.3 is 0 Å². The van der Waals surface area contributed by atoms with E-state index >= 15 is 0 Å². The minimum atomic E-state index is 0.737. The lowest BCUT2D eigenvalue weighted by Crippen LogP contribution is -2.31. The molecule has 0 aliphatic carbocycles. The Kier molecular flexibility index (Phi) is 1.98. The first kappa shape index (κ1) is 10.2. The number of carbonyl (C=O) groups excluding carboxylic acids is 1. The van der Waals surface area contributed by atoms with Gasteiger partial charge < -0.3 is 0 Å². The van der Waals surface area contributed by atoms with Crippen molar-refractivity contribution in [2.24, 2.45) is 0 Å². The van der Waals surface area contributed by atoms with Crippen LogP contribution in [0.5, 0.6) is 0 Å². The third kappa shape index (κ3) is 1.28. The van der Waals surface area contributed by atoms with Crippen LogP contribution in [-0.4, -0.2) is 20.4 Å². The summed E-state index contributed by atoms with van der Waals surface area (Å²) in [5.41, 5.74) is 5.68. The summed E-state index contributed by atoms with van der Waals surface area (Å²) in [7, 11) is 4.34. The normalized spacial score (nSPS) is 15.2. The maximum Gasteiger partial charge on any atom is 0.150 e. The molecule has 0 spiro atoms. The summed E-state index contributed by atoms with van der Waals surface area (Å²) in [6.07, 6.45) is 0.904. The van der Waals surface area contributed by atoms with Crippen molar-refractivity contribution in [2.75, 3.05) is 14.1 Å². The SMILES string of the molecule is C[N+]1(C)c2ccccc2-c2cc(C=O)ccc21. The molecule has 2 aromatic carbocycles. The topological polar surface area (TPSA) is 17.1 Å². The molecular formula is C15H14NO+. The molecule has 0 amide bonds. The van der Waals surface area contributed by atoms with Gasteiger partial charge in [-0.2, -0.15) is 0 Å². The largest absolute Gasteiger partial charge is 0.298 e. The van der Waals surface area contributed by atoms with Crippen molar-refractivity contribution in [1.82, 2.24) is 4.48 Å². The lowest BCUT2D eigenvalue weighted by molar-refractivity contribution is 0.112. The molecule has 0 atom stereocenters. The van der Waals surface area contributed by atoms with Gasteiger partial charge in [0.25, 0.3) is 0 Å². The molecule has 1 heterocycles. The number of hydrogen-bond acceptors (Lipinski definition) is 1. The summed E-state index contributed by atoms with van der Waals surface area (Å²) in [4.78, 5) is 10.9. The highest BCUT2D eigenvalue weighted by atomic mass is 16.1. The van der Waals surface area contributed by atoms with E-state index in [4.69, 9.17) is 0 Å². The van der Waals surface area contributed by atoms with Gasteiger partial charge in [0.2, 0.25) is 0 Å². The first-order chi connectivity index (χ1) is 8.14. The second-order valence-electron chi connectivity index (χ2n) is 4.87. The fraction of sp³-hybridized carbons (Fsp3) is 0.133. The second kappa shape index (κ2) is 3.28. The van der Waals surface area contributed by atoms with Gasteiger partial charge in [0.05, 0.1) is 14.1 Å². The number of hydrogen-bond donors (Lipinski definition) is 0. The predicted molar refractivity (Wildman–Crippen MR) is 70.6 cm³/mol. The van der Waals surface area contributed by atoms with Gasteiger partial charge in [0.1, 0.15) is 17.7 Å². The van der Waals surface area contributed by atoms with E-state index in [9.17, 15) is 4.79 Å². The Labute approximate surface area is 101 Å². The maximum atomic E-state index is 10.9. The summed E-state index contributed by atoms with van der Waals surface area (Å²) in [6, 6.07) is 14.3. The van der Waals surface area contributed by atoms with Crippen molar-refractivity contribution in [3.8, 4) is 11.1 Å². The van der Waals surface area contributed by atoms with Gasteiger partial charge in [-0.25, -0.2) is 0 Å². The molecule has 0 radical (unpaired) electrons. The summed E-state index contributed by atoms with van der Waals surface area (Å²) < 4.78 is 0.741. The van der Waals surface area contributed by atoms with Crippen LogP contribution in [0.1, 0.15) is 10.4 Å². The quantitative estimate of drug-likeness (QED) is 0.536. The molecule has 17 heavy (non-hydrogen) atoms. The molecule has 2 aromatic rings. The van der Waals surface area contributed by atoms with Gasteiger partial charge in [-0.15, -0.1) is 0 Å². The summed E-state index contributed by atoms with van der Waals surface area (Å²) in [5.74, 6) is 0. The zero-order valence-electron chi connectivity index (χ0n) is 9.97. The number of fused-ring (bicyclic) bond motifs is 3. The molecule has 0 unspecified atom stereocenters. The van der Waals surface area contributed by atoms with E-state index in [-0.39, 0.29) is 0 Å². The molecule has 0 bridgehead atoms. The molecule has 0 N–H and O–H groups in total. The first-order valence-electron chi connectivity index (χ1n) is 5.68. The smallest absolute Gasteiger partial charge is 0.150 e. The molecule has 1 aliphatic heterocycles. The van der Waals surface area contributed by atoms with Crippen LogP contribution >= 0.6 is 0 Å². The number of para-hydroxylation sites is 1. The molecule has 1 aliphatic rings. The van der Waals surface area contributed by atoms with E-state index in [1.165, 1.54) is 22.5 Å². The lowest BCUT2D eigenvalue weighted by atomic mass is 10.0. The van der Waals surface area contributed by atoms with E-state index in [2.05, 4.69) is 38.4 Å². The summed E-state index contributed by atoms with van der Waals surface area (Å²) >= 11 is 0. The fourth-order valence-electron chi connectivity index (χ4n) is 2.65. The number of carbonyl (C=O) groups is 1. The van der Waals surface area contributed by atoms with Gasteiger partial charge in [-0.3, -0.25) is 9.28 Å². The van der Waals surface area contributed by atoms with Crippen LogP contribution in [0, 0.1) is 0 Å². The van der Waals surface area contributed by atoms with Crippen molar-refractivity contribution in [1.29, 1.82) is 0 Å². The average molecular weight is 224 g/mol. The highest BCUT2D eigenvalue weighted by Gasteiger charge is 2.36. The Morgan fingerprint density at radius 3 is 2.41 bits per heavy atom. The third-order valence-corrected chi connectivity index (χ3v) is 3.56. The molecular weight excluding hydrogens is 210 g/mol. The van der Waals surface area contributed by atoms with Crippen LogP contribution in [0.15, 0.2) is 42.5 Å². The van der Waals surface area contributed by atoms with E-state index in [1.54, 1.807) is 0 Å². The van der Waals surface area contributed by atoms with Crippen LogP contribution in [0.3, 0.4) is 0 Å².